The van der Waals surface area contributed by atoms with Crippen molar-refractivity contribution in [2.75, 3.05) is 19.6 Å². The Labute approximate surface area is 174 Å². The first kappa shape index (κ1) is 22.7. The lowest BCUT2D eigenvalue weighted by molar-refractivity contribution is -0.143. The Bertz CT molecular complexity index is 869. The largest absolute Gasteiger partial charge is 0.480 e. The fourth-order valence-electron chi connectivity index (χ4n) is 2.73. The van der Waals surface area contributed by atoms with Crippen molar-refractivity contribution in [2.24, 2.45) is 0 Å². The number of aliphatic carboxylic acids is 1. The van der Waals surface area contributed by atoms with Gasteiger partial charge < -0.3 is 14.7 Å². The van der Waals surface area contributed by atoms with E-state index in [1.54, 1.807) is 20.8 Å². The minimum atomic E-state index is -4.02. The number of halogens is 2. The number of amides is 1. The van der Waals surface area contributed by atoms with Crippen molar-refractivity contribution in [3.63, 3.8) is 0 Å². The van der Waals surface area contributed by atoms with Crippen LogP contribution in [0.2, 0.25) is 10.0 Å². The first-order valence-corrected chi connectivity index (χ1v) is 10.8. The first-order chi connectivity index (χ1) is 12.8. The lowest BCUT2D eigenvalue weighted by Crippen LogP contribution is -2.59. The number of carboxylic acid groups (broad SMARTS) is 1. The second-order valence-corrected chi connectivity index (χ2v) is 10.1. The van der Waals surface area contributed by atoms with Gasteiger partial charge in [0.25, 0.3) is 0 Å². The zero-order chi connectivity index (χ0) is 21.3. The van der Waals surface area contributed by atoms with Gasteiger partial charge in [-0.3, -0.25) is 4.79 Å². The maximum Gasteiger partial charge on any atom is 0.410 e. The standard InChI is InChI=1S/C17H22Cl2N2O6S/c1-17(2,3)27-16(24)20-6-7-21(14(9-20)15(22)23)28(25,26)10-11-8-12(18)4-5-13(11)19/h4-5,8,14H,6-7,9-10H2,1-3H3,(H,22,23)/t14-/m0/s1. The van der Waals surface area contributed by atoms with E-state index in [0.29, 0.717) is 5.02 Å². The molecule has 28 heavy (non-hydrogen) atoms. The topological polar surface area (TPSA) is 104 Å². The van der Waals surface area contributed by atoms with Gasteiger partial charge in [-0.1, -0.05) is 23.2 Å². The molecule has 2 rings (SSSR count). The quantitative estimate of drug-likeness (QED) is 0.752. The van der Waals surface area contributed by atoms with Crippen LogP contribution in [0.1, 0.15) is 26.3 Å². The van der Waals surface area contributed by atoms with Gasteiger partial charge in [-0.05, 0) is 44.5 Å². The molecule has 0 spiro atoms. The van der Waals surface area contributed by atoms with Crippen LogP contribution in [0.25, 0.3) is 0 Å². The number of hydrogen-bond donors (Lipinski definition) is 1. The Balaban J connectivity index is 2.21. The molecule has 11 heteroatoms. The van der Waals surface area contributed by atoms with Crippen LogP contribution < -0.4 is 0 Å². The Morgan fingerprint density at radius 2 is 1.89 bits per heavy atom. The molecular weight excluding hydrogens is 431 g/mol. The molecule has 1 saturated heterocycles. The summed E-state index contributed by atoms with van der Waals surface area (Å²) in [4.78, 5) is 25.1. The summed E-state index contributed by atoms with van der Waals surface area (Å²) in [6, 6.07) is 3.00. The molecule has 156 valence electrons. The Morgan fingerprint density at radius 1 is 1.25 bits per heavy atom. The van der Waals surface area contributed by atoms with Gasteiger partial charge >= 0.3 is 12.1 Å². The van der Waals surface area contributed by atoms with E-state index < -0.39 is 39.5 Å². The SMILES string of the molecule is CC(C)(C)OC(=O)N1CCN(S(=O)(=O)Cc2cc(Cl)ccc2Cl)[C@H](C(=O)O)C1. The zero-order valence-corrected chi connectivity index (χ0v) is 18.0. The average Bonchev–Trinajstić information content (AvgIpc) is 2.55. The van der Waals surface area contributed by atoms with Crippen molar-refractivity contribution in [2.45, 2.75) is 38.2 Å². The van der Waals surface area contributed by atoms with E-state index in [4.69, 9.17) is 27.9 Å². The number of rotatable bonds is 4. The van der Waals surface area contributed by atoms with Crippen LogP contribution in [0, 0.1) is 0 Å². The molecule has 1 heterocycles. The van der Waals surface area contributed by atoms with Gasteiger partial charge in [0.1, 0.15) is 11.6 Å². The van der Waals surface area contributed by atoms with E-state index in [2.05, 4.69) is 0 Å². The van der Waals surface area contributed by atoms with Gasteiger partial charge in [-0.25, -0.2) is 13.2 Å². The average molecular weight is 453 g/mol. The molecule has 1 aromatic carbocycles. The van der Waals surface area contributed by atoms with Crippen LogP contribution in [-0.2, 0) is 25.3 Å². The third-order valence-electron chi connectivity index (χ3n) is 3.97. The highest BCUT2D eigenvalue weighted by atomic mass is 35.5. The molecular formula is C17H22Cl2N2O6S. The molecule has 1 fully saturated rings. The maximum atomic E-state index is 12.9. The van der Waals surface area contributed by atoms with E-state index in [0.717, 1.165) is 4.31 Å². The number of carboxylic acids is 1. The zero-order valence-electron chi connectivity index (χ0n) is 15.7. The number of benzene rings is 1. The summed E-state index contributed by atoms with van der Waals surface area (Å²) in [5.74, 6) is -1.85. The van der Waals surface area contributed by atoms with Gasteiger partial charge in [-0.2, -0.15) is 4.31 Å². The lowest BCUT2D eigenvalue weighted by atomic mass is 10.2. The smallest absolute Gasteiger partial charge is 0.410 e. The van der Waals surface area contributed by atoms with Crippen molar-refractivity contribution < 1.29 is 27.9 Å². The monoisotopic (exact) mass is 452 g/mol. The molecule has 0 saturated carbocycles. The molecule has 0 radical (unpaired) electrons. The van der Waals surface area contributed by atoms with Gasteiger partial charge in [0.2, 0.25) is 10.0 Å². The van der Waals surface area contributed by atoms with Crippen LogP contribution in [0.5, 0.6) is 0 Å². The fraction of sp³-hybridized carbons (Fsp3) is 0.529. The van der Waals surface area contributed by atoms with Crippen molar-refractivity contribution in [1.29, 1.82) is 0 Å². The third-order valence-corrected chi connectivity index (χ3v) is 6.40. The fourth-order valence-corrected chi connectivity index (χ4v) is 4.89. The van der Waals surface area contributed by atoms with Crippen molar-refractivity contribution >= 4 is 45.3 Å². The highest BCUT2D eigenvalue weighted by molar-refractivity contribution is 7.88. The van der Waals surface area contributed by atoms with Gasteiger partial charge in [0, 0.05) is 23.1 Å². The lowest BCUT2D eigenvalue weighted by Gasteiger charge is -2.38. The molecule has 0 unspecified atom stereocenters. The van der Waals surface area contributed by atoms with Crippen LogP contribution in [0.4, 0.5) is 4.79 Å². The van der Waals surface area contributed by atoms with Gasteiger partial charge in [0.05, 0.1) is 12.3 Å². The Kier molecular flexibility index (Phi) is 6.86. The van der Waals surface area contributed by atoms with Crippen molar-refractivity contribution in [3.05, 3.63) is 33.8 Å². The molecule has 1 aromatic rings. The molecule has 1 aliphatic heterocycles. The molecule has 1 atom stereocenters. The number of hydrogen-bond acceptors (Lipinski definition) is 5. The Hall–Kier alpha value is -1.55. The van der Waals surface area contributed by atoms with Crippen LogP contribution >= 0.6 is 23.2 Å². The van der Waals surface area contributed by atoms with E-state index in [9.17, 15) is 23.1 Å². The van der Waals surface area contributed by atoms with Crippen molar-refractivity contribution in [1.82, 2.24) is 9.21 Å². The van der Waals surface area contributed by atoms with Gasteiger partial charge in [-0.15, -0.1) is 0 Å². The summed E-state index contributed by atoms with van der Waals surface area (Å²) in [5, 5.41) is 10.1. The summed E-state index contributed by atoms with van der Waals surface area (Å²) in [5.41, 5.74) is -0.476. The second kappa shape index (κ2) is 8.44. The highest BCUT2D eigenvalue weighted by Crippen LogP contribution is 2.26. The number of sulfonamides is 1. The molecule has 0 aliphatic carbocycles. The molecule has 1 aliphatic rings. The minimum Gasteiger partial charge on any atom is -0.480 e. The summed E-state index contributed by atoms with van der Waals surface area (Å²) in [7, 11) is -4.02. The number of carbonyl (C=O) groups is 2. The van der Waals surface area contributed by atoms with E-state index in [-0.39, 0.29) is 30.2 Å². The first-order valence-electron chi connectivity index (χ1n) is 8.44. The Morgan fingerprint density at radius 3 is 2.46 bits per heavy atom. The van der Waals surface area contributed by atoms with E-state index in [1.165, 1.54) is 23.1 Å². The van der Waals surface area contributed by atoms with Gasteiger partial charge in [0.15, 0.2) is 0 Å². The normalized spacial score (nSPS) is 18.8. The maximum absolute atomic E-state index is 12.9. The van der Waals surface area contributed by atoms with Crippen LogP contribution in [0.3, 0.4) is 0 Å². The van der Waals surface area contributed by atoms with Crippen LogP contribution in [-0.4, -0.2) is 66.1 Å². The number of nitrogens with zero attached hydrogens (tertiary/aromatic N) is 2. The number of piperazine rings is 1. The van der Waals surface area contributed by atoms with Crippen LogP contribution in [0.15, 0.2) is 18.2 Å². The predicted molar refractivity (Wildman–Crippen MR) is 105 cm³/mol. The minimum absolute atomic E-state index is 0.0151. The third kappa shape index (κ3) is 5.73. The molecule has 1 N–H and O–H groups in total. The predicted octanol–water partition coefficient (Wildman–Crippen LogP) is 2.83. The van der Waals surface area contributed by atoms with E-state index >= 15 is 0 Å². The molecule has 0 aromatic heterocycles. The molecule has 1 amide bonds. The summed E-state index contributed by atoms with van der Waals surface area (Å²) < 4.78 is 31.9. The van der Waals surface area contributed by atoms with Crippen molar-refractivity contribution in [3.8, 4) is 0 Å². The summed E-state index contributed by atoms with van der Waals surface area (Å²) >= 11 is 11.9. The highest BCUT2D eigenvalue weighted by Gasteiger charge is 2.41. The number of carbonyl (C=O) groups excluding carboxylic acids is 1. The number of ether oxygens (including phenoxy) is 1. The molecule has 0 bridgehead atoms. The van der Waals surface area contributed by atoms with E-state index in [1.807, 2.05) is 0 Å². The summed E-state index contributed by atoms with van der Waals surface area (Å²) in [6.45, 7) is 4.60. The second-order valence-electron chi connectivity index (χ2n) is 7.38. The summed E-state index contributed by atoms with van der Waals surface area (Å²) in [6.07, 6.45) is -0.686. The molecule has 8 nitrogen and oxygen atoms in total.